The van der Waals surface area contributed by atoms with Gasteiger partial charge in [0, 0.05) is 17.7 Å². The van der Waals surface area contributed by atoms with E-state index in [0.29, 0.717) is 28.2 Å². The van der Waals surface area contributed by atoms with Gasteiger partial charge in [0.15, 0.2) is 11.9 Å². The van der Waals surface area contributed by atoms with Crippen LogP contribution in [0.15, 0.2) is 72.3 Å². The monoisotopic (exact) mass is 401 g/mol. The van der Waals surface area contributed by atoms with E-state index in [1.54, 1.807) is 31.4 Å². The Morgan fingerprint density at radius 3 is 2.37 bits per heavy atom. The number of carbonyl (C=O) groups excluding carboxylic acids is 1. The normalized spacial score (nSPS) is 16.7. The Hall–Kier alpha value is -3.93. The fraction of sp³-hybridized carbons (Fsp3) is 0.125. The summed E-state index contributed by atoms with van der Waals surface area (Å²) in [5.74, 6) is 1.12. The molecule has 0 spiro atoms. The van der Waals surface area contributed by atoms with Crippen LogP contribution in [0.2, 0.25) is 0 Å². The van der Waals surface area contributed by atoms with Crippen molar-refractivity contribution in [3.63, 3.8) is 0 Å². The summed E-state index contributed by atoms with van der Waals surface area (Å²) < 4.78 is 11.5. The summed E-state index contributed by atoms with van der Waals surface area (Å²) in [6, 6.07) is 18.9. The van der Waals surface area contributed by atoms with Gasteiger partial charge in [0.25, 0.3) is 5.69 Å². The number of aryl methyl sites for hydroxylation is 1. The molecule has 1 aliphatic heterocycles. The van der Waals surface area contributed by atoms with E-state index in [1.165, 1.54) is 12.1 Å². The zero-order valence-corrected chi connectivity index (χ0v) is 16.5. The van der Waals surface area contributed by atoms with E-state index in [1.807, 2.05) is 43.3 Å². The minimum absolute atomic E-state index is 0.00380. The largest absolute Gasteiger partial charge is 0.497 e. The van der Waals surface area contributed by atoms with Gasteiger partial charge in [-0.25, -0.2) is 0 Å². The molecule has 0 N–H and O–H groups in total. The summed E-state index contributed by atoms with van der Waals surface area (Å²) in [6.45, 7) is 1.94. The Kier molecular flexibility index (Phi) is 5.06. The number of nitro benzene ring substituents is 1. The van der Waals surface area contributed by atoms with E-state index >= 15 is 0 Å². The van der Waals surface area contributed by atoms with Gasteiger partial charge in [0.2, 0.25) is 0 Å². The molecule has 0 saturated heterocycles. The molecule has 3 aromatic rings. The Labute approximate surface area is 173 Å². The molecule has 6 heteroatoms. The summed E-state index contributed by atoms with van der Waals surface area (Å²) in [7, 11) is 1.59. The molecule has 1 atom stereocenters. The van der Waals surface area contributed by atoms with Gasteiger partial charge in [0.1, 0.15) is 11.5 Å². The predicted octanol–water partition coefficient (Wildman–Crippen LogP) is 5.31. The molecule has 3 aromatic carbocycles. The number of fused-ring (bicyclic) bond motifs is 1. The van der Waals surface area contributed by atoms with E-state index < -0.39 is 11.0 Å². The van der Waals surface area contributed by atoms with Gasteiger partial charge in [-0.05, 0) is 66.1 Å². The van der Waals surface area contributed by atoms with Crippen LogP contribution in [0.3, 0.4) is 0 Å². The second kappa shape index (κ2) is 7.83. The van der Waals surface area contributed by atoms with Crippen molar-refractivity contribution in [3.8, 4) is 11.5 Å². The van der Waals surface area contributed by atoms with Crippen LogP contribution in [0.1, 0.15) is 33.2 Å². The molecule has 1 aliphatic rings. The average molecular weight is 401 g/mol. The van der Waals surface area contributed by atoms with E-state index in [-0.39, 0.29) is 11.5 Å². The van der Waals surface area contributed by atoms with Crippen LogP contribution in [0.5, 0.6) is 11.5 Å². The van der Waals surface area contributed by atoms with Crippen LogP contribution in [0.4, 0.5) is 5.69 Å². The van der Waals surface area contributed by atoms with Crippen LogP contribution in [-0.2, 0) is 0 Å². The van der Waals surface area contributed by atoms with Gasteiger partial charge in [-0.2, -0.15) is 0 Å². The van der Waals surface area contributed by atoms with Crippen LogP contribution in [-0.4, -0.2) is 17.8 Å². The first-order chi connectivity index (χ1) is 14.5. The lowest BCUT2D eigenvalue weighted by molar-refractivity contribution is -0.384. The molecular weight excluding hydrogens is 382 g/mol. The molecule has 0 radical (unpaired) electrons. The van der Waals surface area contributed by atoms with Crippen molar-refractivity contribution in [2.45, 2.75) is 13.0 Å². The summed E-state index contributed by atoms with van der Waals surface area (Å²) >= 11 is 0. The molecule has 0 saturated carbocycles. The third kappa shape index (κ3) is 3.67. The number of nitro groups is 1. The number of benzene rings is 3. The highest BCUT2D eigenvalue weighted by Crippen LogP contribution is 2.40. The molecule has 0 amide bonds. The number of hydrogen-bond acceptors (Lipinski definition) is 5. The summed E-state index contributed by atoms with van der Waals surface area (Å²) in [5, 5.41) is 10.9. The highest BCUT2D eigenvalue weighted by molar-refractivity contribution is 6.14. The SMILES string of the molecule is COc1ccc(C2Oc3cc(C)ccc3C(=O)/C2=C/c2ccc([N+](=O)[O-])cc2)cc1. The number of carbonyl (C=O) groups is 1. The molecule has 150 valence electrons. The predicted molar refractivity (Wildman–Crippen MR) is 113 cm³/mol. The minimum Gasteiger partial charge on any atom is -0.497 e. The lowest BCUT2D eigenvalue weighted by atomic mass is 9.89. The molecule has 0 fully saturated rings. The van der Waals surface area contributed by atoms with Gasteiger partial charge < -0.3 is 9.47 Å². The van der Waals surface area contributed by atoms with Gasteiger partial charge in [-0.1, -0.05) is 18.2 Å². The number of ether oxygens (including phenoxy) is 2. The summed E-state index contributed by atoms with van der Waals surface area (Å²) in [6.07, 6.45) is 1.12. The highest BCUT2D eigenvalue weighted by Gasteiger charge is 2.33. The molecule has 6 nitrogen and oxygen atoms in total. The standard InChI is InChI=1S/C24H19NO5/c1-15-3-12-20-22(13-15)30-24(17-6-10-19(29-2)11-7-17)21(23(20)26)14-16-4-8-18(9-5-16)25(27)28/h3-14,24H,1-2H3/b21-14-. The highest BCUT2D eigenvalue weighted by atomic mass is 16.6. The van der Waals surface area contributed by atoms with Crippen LogP contribution in [0, 0.1) is 17.0 Å². The van der Waals surface area contributed by atoms with Crippen molar-refractivity contribution in [3.05, 3.63) is 105 Å². The van der Waals surface area contributed by atoms with Gasteiger partial charge in [-0.3, -0.25) is 14.9 Å². The van der Waals surface area contributed by atoms with Gasteiger partial charge in [-0.15, -0.1) is 0 Å². The number of ketones is 1. The maximum atomic E-state index is 13.3. The van der Waals surface area contributed by atoms with Crippen LogP contribution < -0.4 is 9.47 Å². The molecule has 0 aliphatic carbocycles. The molecule has 1 unspecified atom stereocenters. The molecule has 0 aromatic heterocycles. The lowest BCUT2D eigenvalue weighted by Crippen LogP contribution is -2.24. The average Bonchev–Trinajstić information content (AvgIpc) is 2.76. The molecule has 4 rings (SSSR count). The van der Waals surface area contributed by atoms with Crippen molar-refractivity contribution < 1.29 is 19.2 Å². The number of rotatable bonds is 4. The Bertz CT molecular complexity index is 1150. The van der Waals surface area contributed by atoms with Crippen molar-refractivity contribution in [1.29, 1.82) is 0 Å². The van der Waals surface area contributed by atoms with E-state index in [2.05, 4.69) is 0 Å². The second-order valence-corrected chi connectivity index (χ2v) is 7.05. The zero-order chi connectivity index (χ0) is 21.3. The van der Waals surface area contributed by atoms with E-state index in [0.717, 1.165) is 11.1 Å². The number of methoxy groups -OCH3 is 1. The van der Waals surface area contributed by atoms with Crippen molar-refractivity contribution in [2.24, 2.45) is 0 Å². The second-order valence-electron chi connectivity index (χ2n) is 7.05. The topological polar surface area (TPSA) is 78.7 Å². The maximum absolute atomic E-state index is 13.3. The van der Waals surface area contributed by atoms with Crippen molar-refractivity contribution in [2.75, 3.05) is 7.11 Å². The lowest BCUT2D eigenvalue weighted by Gasteiger charge is -2.28. The van der Waals surface area contributed by atoms with E-state index in [9.17, 15) is 14.9 Å². The van der Waals surface area contributed by atoms with Crippen LogP contribution in [0.25, 0.3) is 6.08 Å². The number of nitrogens with zero attached hydrogens (tertiary/aromatic N) is 1. The fourth-order valence-corrected chi connectivity index (χ4v) is 3.42. The molecule has 1 heterocycles. The number of Topliss-reactive ketones (excluding diaryl/α,β-unsaturated/α-hetero) is 1. The van der Waals surface area contributed by atoms with Crippen LogP contribution >= 0.6 is 0 Å². The quantitative estimate of drug-likeness (QED) is 0.336. The number of non-ortho nitro benzene ring substituents is 1. The Morgan fingerprint density at radius 1 is 1.03 bits per heavy atom. The smallest absolute Gasteiger partial charge is 0.269 e. The molecule has 0 bridgehead atoms. The Balaban J connectivity index is 1.81. The zero-order valence-electron chi connectivity index (χ0n) is 16.5. The fourth-order valence-electron chi connectivity index (χ4n) is 3.42. The van der Waals surface area contributed by atoms with Crippen molar-refractivity contribution in [1.82, 2.24) is 0 Å². The number of hydrogen-bond donors (Lipinski definition) is 0. The maximum Gasteiger partial charge on any atom is 0.269 e. The Morgan fingerprint density at radius 2 is 1.73 bits per heavy atom. The minimum atomic E-state index is -0.604. The summed E-state index contributed by atoms with van der Waals surface area (Å²) in [4.78, 5) is 23.8. The van der Waals surface area contributed by atoms with E-state index in [4.69, 9.17) is 9.47 Å². The van der Waals surface area contributed by atoms with Gasteiger partial charge in [0.05, 0.1) is 17.6 Å². The summed E-state index contributed by atoms with van der Waals surface area (Å²) in [5.41, 5.74) is 3.45. The third-order valence-electron chi connectivity index (χ3n) is 5.02. The first-order valence-corrected chi connectivity index (χ1v) is 9.38. The molecule has 30 heavy (non-hydrogen) atoms. The molecular formula is C24H19NO5. The third-order valence-corrected chi connectivity index (χ3v) is 5.02. The first kappa shape index (κ1) is 19.4. The first-order valence-electron chi connectivity index (χ1n) is 9.38. The van der Waals surface area contributed by atoms with Gasteiger partial charge >= 0.3 is 0 Å². The van der Waals surface area contributed by atoms with Crippen molar-refractivity contribution >= 4 is 17.5 Å².